The molecule has 1 amide bonds. The normalized spacial score (nSPS) is 12.2. The molecule has 3 heterocycles. The maximum absolute atomic E-state index is 12.9. The van der Waals surface area contributed by atoms with Crippen LogP contribution in [0.4, 0.5) is 0 Å². The van der Waals surface area contributed by atoms with Crippen LogP contribution in [-0.2, 0) is 0 Å². The second-order valence-corrected chi connectivity index (χ2v) is 5.75. The lowest BCUT2D eigenvalue weighted by Gasteiger charge is -2.14. The van der Waals surface area contributed by atoms with Crippen LogP contribution < -0.4 is 5.32 Å². The van der Waals surface area contributed by atoms with Crippen molar-refractivity contribution in [1.29, 1.82) is 0 Å². The van der Waals surface area contributed by atoms with Crippen molar-refractivity contribution in [3.8, 4) is 0 Å². The lowest BCUT2D eigenvalue weighted by molar-refractivity contribution is 0.0893. The van der Waals surface area contributed by atoms with Crippen molar-refractivity contribution >= 4 is 22.8 Å². The summed E-state index contributed by atoms with van der Waals surface area (Å²) in [6.07, 6.45) is 2.86. The van der Waals surface area contributed by atoms with Gasteiger partial charge in [-0.2, -0.15) is 0 Å². The van der Waals surface area contributed by atoms with E-state index in [-0.39, 0.29) is 23.3 Å². The first-order valence-electron chi connectivity index (χ1n) is 8.05. The number of nitrogens with zero attached hydrogens (tertiary/aromatic N) is 2. The molecule has 0 aliphatic heterocycles. The number of hydrogen-bond donors (Lipinski definition) is 1. The molecule has 26 heavy (non-hydrogen) atoms. The van der Waals surface area contributed by atoms with Crippen LogP contribution >= 0.6 is 0 Å². The van der Waals surface area contributed by atoms with Gasteiger partial charge in [-0.25, -0.2) is 4.98 Å². The van der Waals surface area contributed by atoms with Crippen LogP contribution in [0.25, 0.3) is 11.0 Å². The van der Waals surface area contributed by atoms with E-state index in [4.69, 9.17) is 8.83 Å². The van der Waals surface area contributed by atoms with Crippen LogP contribution in [0, 0.1) is 0 Å². The number of nitrogens with one attached hydrogen (secondary N) is 1. The summed E-state index contributed by atoms with van der Waals surface area (Å²) in [5.74, 6) is 0.0627. The minimum atomic E-state index is -0.529. The van der Waals surface area contributed by atoms with E-state index in [9.17, 15) is 9.59 Å². The Morgan fingerprint density at radius 2 is 1.69 bits per heavy atom. The molecule has 3 aromatic heterocycles. The molecular formula is C19H15N3O4. The fraction of sp³-hybridized carbons (Fsp3) is 0.105. The van der Waals surface area contributed by atoms with Crippen molar-refractivity contribution < 1.29 is 18.4 Å². The number of benzene rings is 1. The predicted molar refractivity (Wildman–Crippen MR) is 92.8 cm³/mol. The number of hydrogen-bond acceptors (Lipinski definition) is 5. The fourth-order valence-corrected chi connectivity index (χ4v) is 2.80. The third-order valence-corrected chi connectivity index (χ3v) is 4.00. The van der Waals surface area contributed by atoms with Gasteiger partial charge in [0.2, 0.25) is 0 Å². The fourth-order valence-electron chi connectivity index (χ4n) is 2.80. The maximum atomic E-state index is 12.9. The van der Waals surface area contributed by atoms with E-state index < -0.39 is 6.04 Å². The van der Waals surface area contributed by atoms with Gasteiger partial charge in [0.1, 0.15) is 5.82 Å². The van der Waals surface area contributed by atoms with Gasteiger partial charge in [-0.15, -0.1) is 0 Å². The van der Waals surface area contributed by atoms with E-state index in [1.807, 2.05) is 18.2 Å². The average Bonchev–Trinajstić information content (AvgIpc) is 3.41. The van der Waals surface area contributed by atoms with Gasteiger partial charge in [-0.05, 0) is 43.3 Å². The lowest BCUT2D eigenvalue weighted by Crippen LogP contribution is -2.29. The second-order valence-electron chi connectivity index (χ2n) is 5.75. The highest BCUT2D eigenvalue weighted by Gasteiger charge is 2.25. The van der Waals surface area contributed by atoms with Gasteiger partial charge in [0, 0.05) is 0 Å². The first kappa shape index (κ1) is 15.9. The molecule has 0 bridgehead atoms. The molecular weight excluding hydrogens is 334 g/mol. The van der Waals surface area contributed by atoms with E-state index >= 15 is 0 Å². The second kappa shape index (κ2) is 6.36. The van der Waals surface area contributed by atoms with Gasteiger partial charge in [-0.3, -0.25) is 14.2 Å². The number of aromatic nitrogens is 2. The van der Waals surface area contributed by atoms with Crippen LogP contribution in [0.3, 0.4) is 0 Å². The van der Waals surface area contributed by atoms with Crippen LogP contribution in [0.5, 0.6) is 0 Å². The summed E-state index contributed by atoms with van der Waals surface area (Å²) in [4.78, 5) is 29.7. The Balaban J connectivity index is 1.75. The third-order valence-electron chi connectivity index (χ3n) is 4.00. The maximum Gasteiger partial charge on any atom is 0.299 e. The quantitative estimate of drug-likeness (QED) is 0.610. The first-order chi connectivity index (χ1) is 12.6. The molecule has 1 N–H and O–H groups in total. The molecule has 0 radical (unpaired) electrons. The summed E-state index contributed by atoms with van der Waals surface area (Å²) in [7, 11) is 0. The number of furan rings is 2. The molecule has 0 aliphatic rings. The summed E-state index contributed by atoms with van der Waals surface area (Å²) in [5.41, 5.74) is 1.30. The number of fused-ring (bicyclic) bond motifs is 1. The molecule has 0 aliphatic carbocycles. The molecule has 4 aromatic rings. The Morgan fingerprint density at radius 3 is 2.38 bits per heavy atom. The first-order valence-corrected chi connectivity index (χ1v) is 8.05. The molecule has 4 rings (SSSR count). The summed E-state index contributed by atoms with van der Waals surface area (Å²) < 4.78 is 11.8. The highest BCUT2D eigenvalue weighted by molar-refractivity contribution is 6.00. The number of rotatable bonds is 4. The molecule has 0 saturated heterocycles. The Kier molecular flexibility index (Phi) is 3.89. The highest BCUT2D eigenvalue weighted by atomic mass is 16.3. The lowest BCUT2D eigenvalue weighted by atomic mass is 10.2. The molecule has 1 aromatic carbocycles. The predicted octanol–water partition coefficient (Wildman–Crippen LogP) is 3.40. The molecule has 7 heteroatoms. The van der Waals surface area contributed by atoms with Crippen molar-refractivity contribution in [2.24, 2.45) is 0 Å². The number of amides is 1. The van der Waals surface area contributed by atoms with E-state index in [1.165, 1.54) is 17.1 Å². The van der Waals surface area contributed by atoms with Gasteiger partial charge in [-0.1, -0.05) is 12.1 Å². The van der Waals surface area contributed by atoms with E-state index in [0.29, 0.717) is 16.9 Å². The zero-order chi connectivity index (χ0) is 18.1. The molecule has 0 fully saturated rings. The highest BCUT2D eigenvalue weighted by Crippen LogP contribution is 2.23. The summed E-state index contributed by atoms with van der Waals surface area (Å²) in [6.45, 7) is 1.76. The number of carbonyl (C=O) groups is 2. The van der Waals surface area contributed by atoms with Crippen molar-refractivity contribution in [2.45, 2.75) is 13.0 Å². The topological polar surface area (TPSA) is 90.3 Å². The Labute approximate surface area is 148 Å². The smallest absolute Gasteiger partial charge is 0.299 e. The zero-order valence-corrected chi connectivity index (χ0v) is 13.9. The van der Waals surface area contributed by atoms with Gasteiger partial charge in [0.25, 0.3) is 11.8 Å². The summed E-state index contributed by atoms with van der Waals surface area (Å²) >= 11 is 0. The Hall–Kier alpha value is -3.61. The number of carbonyl (C=O) groups excluding carboxylic acids is 2. The molecule has 7 nitrogen and oxygen atoms in total. The molecule has 0 spiro atoms. The minimum Gasteiger partial charge on any atom is -0.459 e. The molecule has 1 atom stereocenters. The third kappa shape index (κ3) is 2.69. The van der Waals surface area contributed by atoms with Gasteiger partial charge < -0.3 is 14.2 Å². The van der Waals surface area contributed by atoms with Crippen molar-refractivity contribution in [3.05, 3.63) is 78.4 Å². The van der Waals surface area contributed by atoms with Crippen LogP contribution in [0.2, 0.25) is 0 Å². The van der Waals surface area contributed by atoms with Crippen molar-refractivity contribution in [2.75, 3.05) is 0 Å². The SMILES string of the molecule is C[C@H](NC(=O)c1ccco1)c1nc2ccccc2n1C(=O)c1ccco1. The van der Waals surface area contributed by atoms with Crippen molar-refractivity contribution in [1.82, 2.24) is 14.9 Å². The van der Waals surface area contributed by atoms with Gasteiger partial charge in [0.15, 0.2) is 11.5 Å². The zero-order valence-electron chi connectivity index (χ0n) is 13.9. The van der Waals surface area contributed by atoms with E-state index in [2.05, 4.69) is 10.3 Å². The number of imidazole rings is 1. The Bertz CT molecular complexity index is 1060. The average molecular weight is 349 g/mol. The van der Waals surface area contributed by atoms with Gasteiger partial charge in [0.05, 0.1) is 29.6 Å². The Morgan fingerprint density at radius 1 is 1.00 bits per heavy atom. The van der Waals surface area contributed by atoms with Crippen LogP contribution in [0.1, 0.15) is 39.9 Å². The minimum absolute atomic E-state index is 0.192. The molecule has 130 valence electrons. The summed E-state index contributed by atoms with van der Waals surface area (Å²) in [6, 6.07) is 13.2. The van der Waals surface area contributed by atoms with E-state index in [1.54, 1.807) is 37.3 Å². The molecule has 0 saturated carbocycles. The van der Waals surface area contributed by atoms with E-state index in [0.717, 1.165) is 0 Å². The monoisotopic (exact) mass is 349 g/mol. The van der Waals surface area contributed by atoms with Crippen molar-refractivity contribution in [3.63, 3.8) is 0 Å². The van der Waals surface area contributed by atoms with Crippen LogP contribution in [-0.4, -0.2) is 21.4 Å². The number of para-hydroxylation sites is 2. The largest absolute Gasteiger partial charge is 0.459 e. The van der Waals surface area contributed by atoms with Gasteiger partial charge >= 0.3 is 0 Å². The summed E-state index contributed by atoms with van der Waals surface area (Å²) in [5, 5.41) is 2.80. The van der Waals surface area contributed by atoms with Crippen LogP contribution in [0.15, 0.2) is 69.9 Å². The molecule has 0 unspecified atom stereocenters. The standard InChI is InChI=1S/C19H15N3O4/c1-12(20-18(23)15-8-4-10-25-15)17-21-13-6-2-3-7-14(13)22(17)19(24)16-9-5-11-26-16/h2-12H,1H3,(H,20,23)/t12-/m0/s1.